The largest absolute Gasteiger partial charge is 0.472 e. The highest BCUT2D eigenvalue weighted by Crippen LogP contribution is 2.25. The first-order valence-corrected chi connectivity index (χ1v) is 6.62. The quantitative estimate of drug-likeness (QED) is 0.791. The lowest BCUT2D eigenvalue weighted by atomic mass is 10.2. The third kappa shape index (κ3) is 2.61. The Balaban J connectivity index is 1.63. The van der Waals surface area contributed by atoms with Gasteiger partial charge in [-0.3, -0.25) is 4.79 Å². The first-order chi connectivity index (χ1) is 9.33. The van der Waals surface area contributed by atoms with Crippen LogP contribution in [0.15, 0.2) is 57.3 Å². The molecule has 96 valence electrons. The van der Waals surface area contributed by atoms with Gasteiger partial charge >= 0.3 is 0 Å². The Morgan fingerprint density at radius 1 is 1.32 bits per heavy atom. The highest BCUT2D eigenvalue weighted by Gasteiger charge is 2.08. The van der Waals surface area contributed by atoms with Crippen LogP contribution in [0.25, 0.3) is 11.3 Å². The molecule has 3 aromatic rings. The normalized spacial score (nSPS) is 10.5. The maximum atomic E-state index is 11.7. The van der Waals surface area contributed by atoms with Crippen LogP contribution in [0.3, 0.4) is 0 Å². The zero-order chi connectivity index (χ0) is 13.1. The Kier molecular flexibility index (Phi) is 3.20. The molecule has 0 aliphatic heterocycles. The molecule has 1 amide bonds. The summed E-state index contributed by atoms with van der Waals surface area (Å²) in [4.78, 5) is 12.8. The lowest BCUT2D eigenvalue weighted by Gasteiger charge is -2.00. The van der Waals surface area contributed by atoms with E-state index in [1.54, 1.807) is 23.7 Å². The number of hydrogen-bond acceptors (Lipinski definition) is 4. The van der Waals surface area contributed by atoms with Gasteiger partial charge in [0.25, 0.3) is 5.91 Å². The van der Waals surface area contributed by atoms with E-state index in [0.717, 1.165) is 16.2 Å². The molecule has 0 unspecified atom stereocenters. The molecule has 3 heterocycles. The molecule has 0 fully saturated rings. The van der Waals surface area contributed by atoms with E-state index in [4.69, 9.17) is 8.83 Å². The van der Waals surface area contributed by atoms with Crippen LogP contribution in [0.2, 0.25) is 0 Å². The number of furan rings is 2. The zero-order valence-corrected chi connectivity index (χ0v) is 10.8. The first kappa shape index (κ1) is 11.8. The van der Waals surface area contributed by atoms with Crippen molar-refractivity contribution >= 4 is 17.2 Å². The smallest absolute Gasteiger partial charge is 0.254 e. The van der Waals surface area contributed by atoms with Crippen LogP contribution in [-0.2, 0) is 6.54 Å². The van der Waals surface area contributed by atoms with Crippen LogP contribution >= 0.6 is 11.3 Å². The summed E-state index contributed by atoms with van der Waals surface area (Å²) >= 11 is 1.59. The standard InChI is InChI=1S/C14H11NO3S/c16-14(10-3-5-17-8-10)15-7-12-6-11(9-19-12)13-2-1-4-18-13/h1-6,8-9H,7H2,(H,15,16). The van der Waals surface area contributed by atoms with Gasteiger partial charge in [0.1, 0.15) is 12.0 Å². The van der Waals surface area contributed by atoms with Crippen molar-refractivity contribution in [3.05, 3.63) is 58.9 Å². The molecule has 0 radical (unpaired) electrons. The maximum absolute atomic E-state index is 11.7. The lowest BCUT2D eigenvalue weighted by Crippen LogP contribution is -2.21. The van der Waals surface area contributed by atoms with Gasteiger partial charge in [0.15, 0.2) is 0 Å². The summed E-state index contributed by atoms with van der Waals surface area (Å²) in [5, 5.41) is 4.85. The fourth-order valence-corrected chi connectivity index (χ4v) is 2.52. The van der Waals surface area contributed by atoms with E-state index in [1.807, 2.05) is 23.6 Å². The van der Waals surface area contributed by atoms with Crippen molar-refractivity contribution in [1.82, 2.24) is 5.32 Å². The van der Waals surface area contributed by atoms with Gasteiger partial charge in [-0.25, -0.2) is 0 Å². The van der Waals surface area contributed by atoms with E-state index < -0.39 is 0 Å². The number of amides is 1. The Hall–Kier alpha value is -2.27. The summed E-state index contributed by atoms with van der Waals surface area (Å²) in [5.74, 6) is 0.699. The fraction of sp³-hybridized carbons (Fsp3) is 0.0714. The van der Waals surface area contributed by atoms with Crippen LogP contribution in [0.5, 0.6) is 0 Å². The minimum atomic E-state index is -0.137. The van der Waals surface area contributed by atoms with Crippen molar-refractivity contribution in [2.75, 3.05) is 0 Å². The highest BCUT2D eigenvalue weighted by atomic mass is 32.1. The van der Waals surface area contributed by atoms with E-state index in [9.17, 15) is 4.79 Å². The van der Waals surface area contributed by atoms with Gasteiger partial charge in [-0.15, -0.1) is 11.3 Å². The second kappa shape index (κ2) is 5.16. The molecule has 0 aromatic carbocycles. The fourth-order valence-electron chi connectivity index (χ4n) is 1.71. The summed E-state index contributed by atoms with van der Waals surface area (Å²) < 4.78 is 10.2. The third-order valence-corrected chi connectivity index (χ3v) is 3.60. The minimum Gasteiger partial charge on any atom is -0.472 e. The molecule has 0 aliphatic carbocycles. The average Bonchev–Trinajstić information content (AvgIpc) is 3.14. The molecule has 4 nitrogen and oxygen atoms in total. The molecule has 0 saturated heterocycles. The lowest BCUT2D eigenvalue weighted by molar-refractivity contribution is 0.0950. The summed E-state index contributed by atoms with van der Waals surface area (Å²) in [7, 11) is 0. The minimum absolute atomic E-state index is 0.137. The number of hydrogen-bond donors (Lipinski definition) is 1. The molecular weight excluding hydrogens is 262 g/mol. The molecule has 5 heteroatoms. The van der Waals surface area contributed by atoms with Gasteiger partial charge in [-0.05, 0) is 24.3 Å². The second-order valence-corrected chi connectivity index (χ2v) is 4.97. The zero-order valence-electron chi connectivity index (χ0n) is 9.96. The average molecular weight is 273 g/mol. The Morgan fingerprint density at radius 3 is 3.00 bits per heavy atom. The van der Waals surface area contributed by atoms with Crippen molar-refractivity contribution in [3.8, 4) is 11.3 Å². The van der Waals surface area contributed by atoms with Crippen molar-refractivity contribution in [1.29, 1.82) is 0 Å². The molecule has 0 spiro atoms. The highest BCUT2D eigenvalue weighted by molar-refractivity contribution is 7.10. The van der Waals surface area contributed by atoms with Crippen molar-refractivity contribution in [3.63, 3.8) is 0 Å². The predicted molar refractivity (Wildman–Crippen MR) is 71.9 cm³/mol. The maximum Gasteiger partial charge on any atom is 0.254 e. The van der Waals surface area contributed by atoms with E-state index in [2.05, 4.69) is 5.32 Å². The van der Waals surface area contributed by atoms with Gasteiger partial charge in [-0.1, -0.05) is 0 Å². The monoisotopic (exact) mass is 273 g/mol. The van der Waals surface area contributed by atoms with Crippen LogP contribution in [0.4, 0.5) is 0 Å². The third-order valence-electron chi connectivity index (χ3n) is 2.67. The van der Waals surface area contributed by atoms with E-state index in [0.29, 0.717) is 12.1 Å². The SMILES string of the molecule is O=C(NCc1cc(-c2ccco2)cs1)c1ccoc1. The van der Waals surface area contributed by atoms with Crippen molar-refractivity contribution in [2.24, 2.45) is 0 Å². The second-order valence-electron chi connectivity index (χ2n) is 3.97. The molecule has 1 N–H and O–H groups in total. The number of carbonyl (C=O) groups is 1. The van der Waals surface area contributed by atoms with E-state index >= 15 is 0 Å². The number of rotatable bonds is 4. The molecular formula is C14H11NO3S. The van der Waals surface area contributed by atoms with Gasteiger partial charge < -0.3 is 14.2 Å². The molecule has 3 aromatic heterocycles. The Morgan fingerprint density at radius 2 is 2.26 bits per heavy atom. The van der Waals surface area contributed by atoms with E-state index in [-0.39, 0.29) is 5.91 Å². The molecule has 3 rings (SSSR count). The van der Waals surface area contributed by atoms with Crippen LogP contribution in [0.1, 0.15) is 15.2 Å². The van der Waals surface area contributed by atoms with Crippen LogP contribution < -0.4 is 5.32 Å². The van der Waals surface area contributed by atoms with Crippen LogP contribution in [0, 0.1) is 0 Å². The Labute approximate surface area is 113 Å². The Bertz CT molecular complexity index is 653. The molecule has 0 atom stereocenters. The molecule has 0 aliphatic rings. The van der Waals surface area contributed by atoms with Gasteiger partial charge in [0.05, 0.1) is 24.6 Å². The van der Waals surface area contributed by atoms with Gasteiger partial charge in [-0.2, -0.15) is 0 Å². The molecule has 0 saturated carbocycles. The molecule has 19 heavy (non-hydrogen) atoms. The van der Waals surface area contributed by atoms with Crippen molar-refractivity contribution in [2.45, 2.75) is 6.54 Å². The molecule has 0 bridgehead atoms. The van der Waals surface area contributed by atoms with Crippen LogP contribution in [-0.4, -0.2) is 5.91 Å². The van der Waals surface area contributed by atoms with E-state index in [1.165, 1.54) is 12.5 Å². The van der Waals surface area contributed by atoms with Gasteiger partial charge in [0.2, 0.25) is 0 Å². The number of thiophene rings is 1. The summed E-state index contributed by atoms with van der Waals surface area (Å²) in [6, 6.07) is 7.42. The summed E-state index contributed by atoms with van der Waals surface area (Å²) in [6.45, 7) is 0.495. The van der Waals surface area contributed by atoms with Gasteiger partial charge in [0, 0.05) is 15.8 Å². The number of nitrogens with one attached hydrogen (secondary N) is 1. The summed E-state index contributed by atoms with van der Waals surface area (Å²) in [6.07, 6.45) is 4.56. The number of carbonyl (C=O) groups excluding carboxylic acids is 1. The predicted octanol–water partition coefficient (Wildman–Crippen LogP) is 3.53. The first-order valence-electron chi connectivity index (χ1n) is 5.74. The van der Waals surface area contributed by atoms with Crippen molar-refractivity contribution < 1.29 is 13.6 Å². The summed E-state index contributed by atoms with van der Waals surface area (Å²) in [5.41, 5.74) is 1.56. The topological polar surface area (TPSA) is 55.4 Å².